The van der Waals surface area contributed by atoms with Gasteiger partial charge in [0.1, 0.15) is 0 Å². The molecule has 2 heteroatoms. The molecule has 0 saturated carbocycles. The number of hydrogen-bond donors (Lipinski definition) is 1. The molecule has 42 valence electrons. The lowest BCUT2D eigenvalue weighted by atomic mass is 10.1. The summed E-state index contributed by atoms with van der Waals surface area (Å²) >= 11 is 0. The molecule has 0 aromatic heterocycles. The molecule has 0 aromatic rings. The van der Waals surface area contributed by atoms with Crippen molar-refractivity contribution in [2.75, 3.05) is 0 Å². The molecule has 0 spiro atoms. The second-order valence-electron chi connectivity index (χ2n) is 1.28. The van der Waals surface area contributed by atoms with E-state index in [1.54, 1.807) is 0 Å². The first-order valence-electron chi connectivity index (χ1n) is 3.12. The molecule has 0 aliphatic heterocycles. The summed E-state index contributed by atoms with van der Waals surface area (Å²) in [4.78, 5) is 10.2. The maximum absolute atomic E-state index is 10.2. The molecule has 0 heterocycles. The minimum absolute atomic E-state index is 0.894. The second-order valence-corrected chi connectivity index (χ2v) is 1.28. The molecular weight excluding hydrogens is 92.1 g/mol. The van der Waals surface area contributed by atoms with Crippen LogP contribution in [-0.4, -0.2) is 11.1 Å². The molecule has 0 amide bonds. The fourth-order valence-electron chi connectivity index (χ4n) is 0.123. The second kappa shape index (κ2) is 2.61. The number of aliphatic carboxylic acids is 1. The third-order valence-electron chi connectivity index (χ3n) is 0.770. The Bertz CT molecular complexity index is 120. The van der Waals surface area contributed by atoms with Gasteiger partial charge in [-0.2, -0.15) is 0 Å². The molecule has 0 aliphatic carbocycles. The SMILES string of the molecule is [2H][C@H](C)[C@]([2H])(C)C(=O)O. The molecule has 0 rings (SSSR count). The van der Waals surface area contributed by atoms with Crippen LogP contribution in [0.2, 0.25) is 0 Å². The Morgan fingerprint density at radius 2 is 2.71 bits per heavy atom. The molecule has 0 saturated heterocycles. The van der Waals surface area contributed by atoms with E-state index >= 15 is 0 Å². The van der Waals surface area contributed by atoms with Gasteiger partial charge in [-0.05, 0) is 6.40 Å². The van der Waals surface area contributed by atoms with Crippen molar-refractivity contribution in [1.29, 1.82) is 0 Å². The topological polar surface area (TPSA) is 37.3 Å². The summed E-state index contributed by atoms with van der Waals surface area (Å²) in [6.07, 6.45) is -0.894. The number of carboxylic acids is 1. The molecule has 0 unspecified atom stereocenters. The minimum atomic E-state index is -1.67. The lowest BCUT2D eigenvalue weighted by Gasteiger charge is -1.96. The van der Waals surface area contributed by atoms with E-state index in [1.165, 1.54) is 13.8 Å². The number of hydrogen-bond acceptors (Lipinski definition) is 1. The maximum Gasteiger partial charge on any atom is 0.306 e. The van der Waals surface area contributed by atoms with Crippen LogP contribution in [0.1, 0.15) is 23.0 Å². The Labute approximate surface area is 46.0 Å². The zero-order chi connectivity index (χ0) is 7.65. The van der Waals surface area contributed by atoms with Gasteiger partial charge in [-0.25, -0.2) is 0 Å². The van der Waals surface area contributed by atoms with Gasteiger partial charge in [0.15, 0.2) is 0 Å². The molecule has 2 atom stereocenters. The largest absolute Gasteiger partial charge is 0.481 e. The molecule has 1 N–H and O–H groups in total. The molecule has 0 fully saturated rings. The maximum atomic E-state index is 10.2. The first-order chi connectivity index (χ1) is 3.89. The summed E-state index contributed by atoms with van der Waals surface area (Å²) in [5.74, 6) is -2.91. The highest BCUT2D eigenvalue weighted by Crippen LogP contribution is 1.97. The van der Waals surface area contributed by atoms with E-state index in [9.17, 15) is 4.79 Å². The van der Waals surface area contributed by atoms with Crippen LogP contribution in [0.5, 0.6) is 0 Å². The summed E-state index contributed by atoms with van der Waals surface area (Å²) in [6, 6.07) is 0. The van der Waals surface area contributed by atoms with E-state index < -0.39 is 18.3 Å². The van der Waals surface area contributed by atoms with Crippen molar-refractivity contribution in [1.82, 2.24) is 0 Å². The van der Waals surface area contributed by atoms with Crippen LogP contribution in [0.25, 0.3) is 0 Å². The van der Waals surface area contributed by atoms with Gasteiger partial charge in [-0.3, -0.25) is 4.79 Å². The van der Waals surface area contributed by atoms with Gasteiger partial charge in [-0.1, -0.05) is 13.8 Å². The van der Waals surface area contributed by atoms with Gasteiger partial charge in [0, 0.05) is 2.74 Å². The first-order valence-corrected chi connectivity index (χ1v) is 2.04. The highest BCUT2D eigenvalue weighted by Gasteiger charge is 2.05. The molecule has 0 aliphatic rings. The summed E-state index contributed by atoms with van der Waals surface area (Å²) in [5, 5.41) is 8.30. The van der Waals surface area contributed by atoms with Gasteiger partial charge in [-0.15, -0.1) is 0 Å². The van der Waals surface area contributed by atoms with E-state index in [0.717, 1.165) is 0 Å². The fraction of sp³-hybridized carbons (Fsp3) is 0.800. The fourth-order valence-corrected chi connectivity index (χ4v) is 0.123. The standard InChI is InChI=1S/C5H10O2/c1-3-4(2)5(6)7/h4H,3H2,1-2H3,(H,6,7)/t4-/m0/s1/i3D,4D/t3-,4+/m1. The summed E-state index contributed by atoms with van der Waals surface area (Å²) < 4.78 is 14.0. The molecular formula is C5H10O2. The van der Waals surface area contributed by atoms with Crippen molar-refractivity contribution in [3.05, 3.63) is 0 Å². The van der Waals surface area contributed by atoms with Crippen LogP contribution in [-0.2, 0) is 4.79 Å². The normalized spacial score (nSPS) is 26.6. The highest BCUT2D eigenvalue weighted by molar-refractivity contribution is 5.69. The van der Waals surface area contributed by atoms with Crippen molar-refractivity contribution < 1.29 is 12.6 Å². The van der Waals surface area contributed by atoms with Crippen LogP contribution < -0.4 is 0 Å². The Morgan fingerprint density at radius 3 is 2.71 bits per heavy atom. The smallest absolute Gasteiger partial charge is 0.306 e. The Kier molecular flexibility index (Phi) is 1.29. The predicted molar refractivity (Wildman–Crippen MR) is 27.1 cm³/mol. The van der Waals surface area contributed by atoms with Gasteiger partial charge >= 0.3 is 5.97 Å². The molecule has 7 heavy (non-hydrogen) atoms. The molecule has 0 bridgehead atoms. The van der Waals surface area contributed by atoms with Crippen molar-refractivity contribution >= 4 is 5.97 Å². The third-order valence-corrected chi connectivity index (χ3v) is 0.770. The Morgan fingerprint density at radius 1 is 2.29 bits per heavy atom. The lowest BCUT2D eigenvalue weighted by Crippen LogP contribution is -2.06. The lowest BCUT2D eigenvalue weighted by molar-refractivity contribution is -0.141. The highest BCUT2D eigenvalue weighted by atomic mass is 16.4. The zero-order valence-electron chi connectivity index (χ0n) is 6.43. The van der Waals surface area contributed by atoms with Crippen LogP contribution in [0.15, 0.2) is 0 Å². The zero-order valence-corrected chi connectivity index (χ0v) is 4.43. The van der Waals surface area contributed by atoms with Crippen LogP contribution in [0, 0.1) is 5.89 Å². The summed E-state index contributed by atoms with van der Waals surface area (Å²) in [6.45, 7) is 2.61. The number of carboxylic acid groups (broad SMARTS) is 1. The first kappa shape index (κ1) is 3.47. The number of carbonyl (C=O) groups is 1. The van der Waals surface area contributed by atoms with Crippen molar-refractivity contribution in [3.63, 3.8) is 0 Å². The van der Waals surface area contributed by atoms with Crippen molar-refractivity contribution in [2.24, 2.45) is 5.89 Å². The van der Waals surface area contributed by atoms with E-state index in [2.05, 4.69) is 0 Å². The van der Waals surface area contributed by atoms with Crippen LogP contribution in [0.3, 0.4) is 0 Å². The van der Waals surface area contributed by atoms with Crippen molar-refractivity contribution in [2.45, 2.75) is 20.2 Å². The van der Waals surface area contributed by atoms with E-state index in [4.69, 9.17) is 7.85 Å². The average Bonchev–Trinajstić information content (AvgIpc) is 1.65. The number of rotatable bonds is 2. The van der Waals surface area contributed by atoms with Crippen LogP contribution in [0.4, 0.5) is 0 Å². The Hall–Kier alpha value is -0.530. The summed E-state index contributed by atoms with van der Waals surface area (Å²) in [7, 11) is 0. The minimum Gasteiger partial charge on any atom is -0.481 e. The monoisotopic (exact) mass is 104 g/mol. The van der Waals surface area contributed by atoms with E-state index in [-0.39, 0.29) is 0 Å². The molecule has 0 radical (unpaired) electrons. The predicted octanol–water partition coefficient (Wildman–Crippen LogP) is 1.12. The van der Waals surface area contributed by atoms with Gasteiger partial charge in [0.25, 0.3) is 0 Å². The van der Waals surface area contributed by atoms with Crippen molar-refractivity contribution in [3.8, 4) is 0 Å². The quantitative estimate of drug-likeness (QED) is 0.570. The summed E-state index contributed by atoms with van der Waals surface area (Å²) in [5.41, 5.74) is 0. The van der Waals surface area contributed by atoms with Gasteiger partial charge < -0.3 is 5.11 Å². The van der Waals surface area contributed by atoms with Gasteiger partial charge in [0.05, 0.1) is 5.89 Å². The average molecular weight is 104 g/mol. The third kappa shape index (κ3) is 2.20. The molecule has 2 nitrogen and oxygen atoms in total. The van der Waals surface area contributed by atoms with E-state index in [1.807, 2.05) is 0 Å². The van der Waals surface area contributed by atoms with E-state index in [0.29, 0.717) is 0 Å². The Balaban J connectivity index is 4.19. The molecule has 0 aromatic carbocycles. The van der Waals surface area contributed by atoms with Gasteiger partial charge in [0.2, 0.25) is 0 Å². The van der Waals surface area contributed by atoms with Crippen LogP contribution >= 0.6 is 0 Å².